The van der Waals surface area contributed by atoms with Gasteiger partial charge in [0.25, 0.3) is 0 Å². The van der Waals surface area contributed by atoms with Crippen molar-refractivity contribution in [1.82, 2.24) is 0 Å². The van der Waals surface area contributed by atoms with Gasteiger partial charge < -0.3 is 9.84 Å². The number of carbonyl (C=O) groups is 1. The molecule has 3 heteroatoms. The molecule has 0 spiro atoms. The molecule has 0 radical (unpaired) electrons. The van der Waals surface area contributed by atoms with Crippen LogP contribution in [0.1, 0.15) is 12.5 Å². The fourth-order valence-corrected chi connectivity index (χ4v) is 0.891. The third kappa shape index (κ3) is 6.33. The lowest BCUT2D eigenvalue weighted by atomic mass is 10.2. The highest BCUT2D eigenvalue weighted by Crippen LogP contribution is 1.99. The average Bonchev–Trinajstić information content (AvgIpc) is 2.38. The molecule has 0 saturated carbocycles. The Morgan fingerprint density at radius 1 is 1.41 bits per heavy atom. The SMILES string of the molecule is C=C(C(=O)OC)C(C)O.C=Cc1ccccc1. The Balaban J connectivity index is 0.000000302. The topological polar surface area (TPSA) is 46.5 Å². The molecule has 0 bridgehead atoms. The van der Waals surface area contributed by atoms with E-state index in [9.17, 15) is 4.79 Å². The number of ether oxygens (including phenoxy) is 1. The summed E-state index contributed by atoms with van der Waals surface area (Å²) in [5.41, 5.74) is 1.25. The van der Waals surface area contributed by atoms with Crippen molar-refractivity contribution in [2.24, 2.45) is 0 Å². The summed E-state index contributed by atoms with van der Waals surface area (Å²) < 4.78 is 4.27. The Labute approximate surface area is 102 Å². The van der Waals surface area contributed by atoms with E-state index in [1.165, 1.54) is 19.6 Å². The molecule has 1 atom stereocenters. The summed E-state index contributed by atoms with van der Waals surface area (Å²) in [6, 6.07) is 10.0. The first kappa shape index (κ1) is 15.1. The molecule has 0 amide bonds. The van der Waals surface area contributed by atoms with Crippen molar-refractivity contribution in [3.63, 3.8) is 0 Å². The predicted octanol–water partition coefficient (Wildman–Crippen LogP) is 2.43. The number of carbonyl (C=O) groups excluding carboxylic acids is 1. The van der Waals surface area contributed by atoms with Gasteiger partial charge in [0.1, 0.15) is 0 Å². The summed E-state index contributed by atoms with van der Waals surface area (Å²) in [4.78, 5) is 10.5. The minimum atomic E-state index is -0.822. The summed E-state index contributed by atoms with van der Waals surface area (Å²) >= 11 is 0. The van der Waals surface area contributed by atoms with Crippen LogP contribution in [0.4, 0.5) is 0 Å². The maximum absolute atomic E-state index is 10.5. The fraction of sp³-hybridized carbons (Fsp3) is 0.214. The standard InChI is InChI=1S/C8H8.C6H10O3/c1-2-8-6-4-3-5-7-8;1-4(5(2)7)6(8)9-3/h2-7H,1H2;5,7H,1H2,2-3H3. The third-order valence-electron chi connectivity index (χ3n) is 1.99. The monoisotopic (exact) mass is 234 g/mol. The molecule has 1 N–H and O–H groups in total. The first-order valence-electron chi connectivity index (χ1n) is 5.15. The van der Waals surface area contributed by atoms with Gasteiger partial charge in [-0.25, -0.2) is 4.79 Å². The summed E-state index contributed by atoms with van der Waals surface area (Å²) in [5, 5.41) is 8.72. The van der Waals surface area contributed by atoms with Crippen LogP contribution in [-0.4, -0.2) is 24.3 Å². The molecule has 1 rings (SSSR count). The largest absolute Gasteiger partial charge is 0.466 e. The number of rotatable bonds is 3. The van der Waals surface area contributed by atoms with Gasteiger partial charge in [0, 0.05) is 0 Å². The number of aliphatic hydroxyl groups is 1. The van der Waals surface area contributed by atoms with Crippen molar-refractivity contribution < 1.29 is 14.6 Å². The minimum absolute atomic E-state index is 0.0810. The van der Waals surface area contributed by atoms with Crippen LogP contribution < -0.4 is 0 Å². The third-order valence-corrected chi connectivity index (χ3v) is 1.99. The molecule has 1 aromatic carbocycles. The lowest BCUT2D eigenvalue weighted by Gasteiger charge is -2.03. The molecule has 92 valence electrons. The van der Waals surface area contributed by atoms with Crippen LogP contribution in [0.15, 0.2) is 49.1 Å². The first-order chi connectivity index (χ1) is 8.02. The van der Waals surface area contributed by atoms with Crippen molar-refractivity contribution in [2.45, 2.75) is 13.0 Å². The zero-order valence-corrected chi connectivity index (χ0v) is 10.2. The van der Waals surface area contributed by atoms with Gasteiger partial charge >= 0.3 is 5.97 Å². The summed E-state index contributed by atoms with van der Waals surface area (Å²) in [6.45, 7) is 8.39. The maximum atomic E-state index is 10.5. The molecular weight excluding hydrogens is 216 g/mol. The van der Waals surface area contributed by atoms with Gasteiger partial charge in [0.05, 0.1) is 18.8 Å². The van der Waals surface area contributed by atoms with Gasteiger partial charge in [-0.05, 0) is 12.5 Å². The molecule has 1 unspecified atom stereocenters. The molecule has 0 saturated heterocycles. The molecule has 0 aromatic heterocycles. The Kier molecular flexibility index (Phi) is 7.39. The van der Waals surface area contributed by atoms with Crippen molar-refractivity contribution in [1.29, 1.82) is 0 Å². The normalized spacial score (nSPS) is 10.5. The lowest BCUT2D eigenvalue weighted by molar-refractivity contribution is -0.137. The zero-order valence-electron chi connectivity index (χ0n) is 10.2. The van der Waals surface area contributed by atoms with Gasteiger partial charge in [-0.1, -0.05) is 49.6 Å². The molecule has 3 nitrogen and oxygen atoms in total. The van der Waals surface area contributed by atoms with E-state index in [-0.39, 0.29) is 5.57 Å². The van der Waals surface area contributed by atoms with Crippen molar-refractivity contribution >= 4 is 12.0 Å². The van der Waals surface area contributed by atoms with E-state index in [0.29, 0.717) is 0 Å². The van der Waals surface area contributed by atoms with Crippen LogP contribution in [0, 0.1) is 0 Å². The molecule has 0 aliphatic carbocycles. The second-order valence-electron chi connectivity index (χ2n) is 3.31. The van der Waals surface area contributed by atoms with Crippen molar-refractivity contribution in [3.8, 4) is 0 Å². The van der Waals surface area contributed by atoms with Gasteiger partial charge in [0.15, 0.2) is 0 Å². The van der Waals surface area contributed by atoms with Crippen molar-refractivity contribution in [3.05, 3.63) is 54.6 Å². The van der Waals surface area contributed by atoms with Crippen LogP contribution in [0.3, 0.4) is 0 Å². The van der Waals surface area contributed by atoms with E-state index in [2.05, 4.69) is 17.9 Å². The number of methoxy groups -OCH3 is 1. The van der Waals surface area contributed by atoms with Gasteiger partial charge in [0.2, 0.25) is 0 Å². The Morgan fingerprint density at radius 3 is 2.18 bits per heavy atom. The lowest BCUT2D eigenvalue weighted by Crippen LogP contribution is -2.14. The molecule has 1 aromatic rings. The summed E-state index contributed by atoms with van der Waals surface area (Å²) in [5.74, 6) is -0.565. The maximum Gasteiger partial charge on any atom is 0.335 e. The highest BCUT2D eigenvalue weighted by atomic mass is 16.5. The van der Waals surface area contributed by atoms with Crippen molar-refractivity contribution in [2.75, 3.05) is 7.11 Å². The quantitative estimate of drug-likeness (QED) is 0.645. The highest BCUT2D eigenvalue weighted by Gasteiger charge is 2.10. The van der Waals surface area contributed by atoms with Crippen LogP contribution in [0.25, 0.3) is 6.08 Å². The second-order valence-corrected chi connectivity index (χ2v) is 3.31. The predicted molar refractivity (Wildman–Crippen MR) is 69.4 cm³/mol. The molecule has 0 aliphatic rings. The van der Waals surface area contributed by atoms with Gasteiger partial charge in [-0.3, -0.25) is 0 Å². The summed E-state index contributed by atoms with van der Waals surface area (Å²) in [7, 11) is 1.25. The van der Waals surface area contributed by atoms with E-state index in [4.69, 9.17) is 5.11 Å². The van der Waals surface area contributed by atoms with Crippen LogP contribution in [0.5, 0.6) is 0 Å². The van der Waals surface area contributed by atoms with Crippen LogP contribution in [0.2, 0.25) is 0 Å². The Bertz CT molecular complexity index is 366. The zero-order chi connectivity index (χ0) is 13.3. The first-order valence-corrected chi connectivity index (χ1v) is 5.15. The molecule has 17 heavy (non-hydrogen) atoms. The van der Waals surface area contributed by atoms with Gasteiger partial charge in [-0.2, -0.15) is 0 Å². The second kappa shape index (κ2) is 8.30. The van der Waals surface area contributed by atoms with Crippen LogP contribution >= 0.6 is 0 Å². The number of hydrogen-bond donors (Lipinski definition) is 1. The number of aliphatic hydroxyl groups excluding tert-OH is 1. The molecule has 0 aliphatic heterocycles. The Hall–Kier alpha value is -1.87. The molecular formula is C14H18O3. The minimum Gasteiger partial charge on any atom is -0.466 e. The van der Waals surface area contributed by atoms with E-state index in [1.807, 2.05) is 36.4 Å². The van der Waals surface area contributed by atoms with E-state index in [0.717, 1.165) is 0 Å². The number of esters is 1. The van der Waals surface area contributed by atoms with E-state index in [1.54, 1.807) is 0 Å². The molecule has 0 heterocycles. The van der Waals surface area contributed by atoms with Crippen LogP contribution in [-0.2, 0) is 9.53 Å². The molecule has 0 fully saturated rings. The average molecular weight is 234 g/mol. The number of benzene rings is 1. The Morgan fingerprint density at radius 2 is 1.94 bits per heavy atom. The van der Waals surface area contributed by atoms with E-state index >= 15 is 0 Å². The number of hydrogen-bond acceptors (Lipinski definition) is 3. The smallest absolute Gasteiger partial charge is 0.335 e. The van der Waals surface area contributed by atoms with Gasteiger partial charge in [-0.15, -0.1) is 0 Å². The fourth-order valence-electron chi connectivity index (χ4n) is 0.891. The highest BCUT2D eigenvalue weighted by molar-refractivity contribution is 5.88. The van der Waals surface area contributed by atoms with E-state index < -0.39 is 12.1 Å². The summed E-state index contributed by atoms with van der Waals surface area (Å²) in [6.07, 6.45) is 1.01.